The first-order valence-electron chi connectivity index (χ1n) is 25.3. The first-order valence-corrected chi connectivity index (χ1v) is 25.3. The number of hydrogen-bond donors (Lipinski definition) is 0. The van der Waals surface area contributed by atoms with E-state index in [0.29, 0.717) is 0 Å². The van der Waals surface area contributed by atoms with Crippen molar-refractivity contribution in [3.05, 3.63) is 265 Å². The van der Waals surface area contributed by atoms with Crippen LogP contribution >= 0.6 is 0 Å². The van der Waals surface area contributed by atoms with Gasteiger partial charge in [0, 0.05) is 45.0 Å². The molecule has 0 saturated heterocycles. The first kappa shape index (κ1) is 42.2. The summed E-state index contributed by atoms with van der Waals surface area (Å²) in [5.74, 6) is 0. The Labute approximate surface area is 421 Å². The van der Waals surface area contributed by atoms with Gasteiger partial charge < -0.3 is 9.80 Å². The minimum atomic E-state index is -0.155. The lowest BCUT2D eigenvalue weighted by Crippen LogP contribution is -2.16. The maximum atomic E-state index is 2.44. The molecule has 0 heterocycles. The van der Waals surface area contributed by atoms with Gasteiger partial charge in [-0.25, -0.2) is 0 Å². The van der Waals surface area contributed by atoms with Gasteiger partial charge in [-0.1, -0.05) is 198 Å². The molecule has 0 bridgehead atoms. The van der Waals surface area contributed by atoms with Crippen LogP contribution in [0.5, 0.6) is 0 Å². The fourth-order valence-electron chi connectivity index (χ4n) is 12.4. The molecule has 2 aliphatic rings. The molecule has 14 rings (SSSR count). The fourth-order valence-corrected chi connectivity index (χ4v) is 12.4. The number of rotatable bonds is 7. The van der Waals surface area contributed by atoms with Crippen LogP contribution in [0.3, 0.4) is 0 Å². The first-order chi connectivity index (χ1) is 35.2. The van der Waals surface area contributed by atoms with Crippen LogP contribution in [0.4, 0.5) is 34.1 Å². The Kier molecular flexibility index (Phi) is 9.32. The Bertz CT molecular complexity index is 3890. The number of hydrogen-bond acceptors (Lipinski definition) is 2. The molecule has 2 heteroatoms. The Morgan fingerprint density at radius 3 is 0.986 bits per heavy atom. The van der Waals surface area contributed by atoms with Crippen LogP contribution in [0.1, 0.15) is 49.9 Å². The van der Waals surface area contributed by atoms with Gasteiger partial charge in [-0.3, -0.25) is 0 Å². The second-order valence-electron chi connectivity index (χ2n) is 21.0. The Hall–Kier alpha value is -8.72. The van der Waals surface area contributed by atoms with Crippen molar-refractivity contribution in [2.24, 2.45) is 0 Å². The molecule has 0 fully saturated rings. The summed E-state index contributed by atoms with van der Waals surface area (Å²) < 4.78 is 0. The van der Waals surface area contributed by atoms with Gasteiger partial charge >= 0.3 is 0 Å². The lowest BCUT2D eigenvalue weighted by Gasteiger charge is -2.29. The molecule has 342 valence electrons. The third-order valence-electron chi connectivity index (χ3n) is 16.2. The van der Waals surface area contributed by atoms with Crippen LogP contribution in [-0.4, -0.2) is 0 Å². The summed E-state index contributed by atoms with van der Waals surface area (Å²) in [7, 11) is 0. The molecule has 12 aromatic carbocycles. The highest BCUT2D eigenvalue weighted by Crippen LogP contribution is 2.55. The van der Waals surface area contributed by atoms with E-state index in [0.717, 1.165) is 34.1 Å². The molecule has 0 aromatic heterocycles. The predicted molar refractivity (Wildman–Crippen MR) is 306 cm³/mol. The molecule has 0 unspecified atom stereocenters. The average Bonchev–Trinajstić information content (AvgIpc) is 3.80. The van der Waals surface area contributed by atoms with E-state index in [1.165, 1.54) is 98.7 Å². The molecule has 12 aromatic rings. The van der Waals surface area contributed by atoms with Gasteiger partial charge in [0.1, 0.15) is 0 Å². The van der Waals surface area contributed by atoms with Crippen LogP contribution in [0.15, 0.2) is 243 Å². The monoisotopic (exact) mass is 920 g/mol. The van der Waals surface area contributed by atoms with Crippen molar-refractivity contribution in [2.45, 2.75) is 38.5 Å². The predicted octanol–water partition coefficient (Wildman–Crippen LogP) is 19.5. The summed E-state index contributed by atoms with van der Waals surface area (Å²) in [4.78, 5) is 4.86. The minimum absolute atomic E-state index is 0.155. The zero-order valence-electron chi connectivity index (χ0n) is 41.0. The number of fused-ring (bicyclic) bond motifs is 12. The van der Waals surface area contributed by atoms with E-state index in [1.807, 2.05) is 0 Å². The molecular weight excluding hydrogens is 869 g/mol. The SMILES string of the molecule is CC1(C)c2cc(N(c3ccc(-c4ccc(N(c5ccc6c(c5)C(C)(C)c5ccc7ccccc7c5-6)c5ccc6ccccc6c5)cc4)cc3)c3ccc4ccccc4c3)ccc2-c2c1ccc1ccccc21. The van der Waals surface area contributed by atoms with E-state index < -0.39 is 0 Å². The average molecular weight is 921 g/mol. The van der Waals surface area contributed by atoms with Crippen molar-refractivity contribution in [3.63, 3.8) is 0 Å². The zero-order chi connectivity index (χ0) is 48.3. The second-order valence-corrected chi connectivity index (χ2v) is 21.0. The number of benzene rings is 12. The van der Waals surface area contributed by atoms with Crippen LogP contribution in [0.2, 0.25) is 0 Å². The van der Waals surface area contributed by atoms with Crippen LogP contribution < -0.4 is 9.80 Å². The lowest BCUT2D eigenvalue weighted by molar-refractivity contribution is 0.661. The topological polar surface area (TPSA) is 6.48 Å². The van der Waals surface area contributed by atoms with E-state index in [2.05, 4.69) is 280 Å². The van der Waals surface area contributed by atoms with Crippen molar-refractivity contribution < 1.29 is 0 Å². The summed E-state index contributed by atoms with van der Waals surface area (Å²) >= 11 is 0. The maximum Gasteiger partial charge on any atom is 0.0468 e. The van der Waals surface area contributed by atoms with Crippen LogP contribution in [-0.2, 0) is 10.8 Å². The molecule has 0 radical (unpaired) electrons. The zero-order valence-corrected chi connectivity index (χ0v) is 41.0. The summed E-state index contributed by atoms with van der Waals surface area (Å²) in [6, 6.07) is 90.4. The Morgan fingerprint density at radius 1 is 0.250 bits per heavy atom. The van der Waals surface area contributed by atoms with Gasteiger partial charge in [-0.2, -0.15) is 0 Å². The largest absolute Gasteiger partial charge is 0.310 e. The van der Waals surface area contributed by atoms with E-state index in [9.17, 15) is 0 Å². The highest BCUT2D eigenvalue weighted by Gasteiger charge is 2.38. The molecule has 0 atom stereocenters. The molecule has 2 nitrogen and oxygen atoms in total. The van der Waals surface area contributed by atoms with Crippen LogP contribution in [0.25, 0.3) is 76.5 Å². The molecule has 0 spiro atoms. The quantitative estimate of drug-likeness (QED) is 0.157. The fraction of sp³-hybridized carbons (Fsp3) is 0.0857. The Balaban J connectivity index is 0.842. The van der Waals surface area contributed by atoms with E-state index in [1.54, 1.807) is 0 Å². The van der Waals surface area contributed by atoms with E-state index in [-0.39, 0.29) is 10.8 Å². The van der Waals surface area contributed by atoms with Crippen molar-refractivity contribution in [3.8, 4) is 33.4 Å². The summed E-state index contributed by atoms with van der Waals surface area (Å²) in [6.45, 7) is 9.52. The van der Waals surface area contributed by atoms with E-state index >= 15 is 0 Å². The van der Waals surface area contributed by atoms with Gasteiger partial charge in [-0.05, 0) is 172 Å². The molecule has 2 aliphatic carbocycles. The molecule has 0 saturated carbocycles. The molecule has 0 N–H and O–H groups in total. The third kappa shape index (κ3) is 6.49. The second kappa shape index (κ2) is 15.9. The summed E-state index contributed by atoms with van der Waals surface area (Å²) in [5.41, 5.74) is 19.7. The van der Waals surface area contributed by atoms with Crippen LogP contribution in [0, 0.1) is 0 Å². The molecule has 72 heavy (non-hydrogen) atoms. The molecule has 0 aliphatic heterocycles. The number of anilines is 6. The highest BCUT2D eigenvalue weighted by molar-refractivity contribution is 6.05. The van der Waals surface area contributed by atoms with Gasteiger partial charge in [0.15, 0.2) is 0 Å². The maximum absolute atomic E-state index is 2.44. The van der Waals surface area contributed by atoms with Crippen molar-refractivity contribution in [1.82, 2.24) is 0 Å². The highest BCUT2D eigenvalue weighted by atomic mass is 15.1. The molecule has 0 amide bonds. The van der Waals surface area contributed by atoms with Crippen molar-refractivity contribution in [1.29, 1.82) is 0 Å². The lowest BCUT2D eigenvalue weighted by atomic mass is 9.82. The van der Waals surface area contributed by atoms with Gasteiger partial charge in [0.2, 0.25) is 0 Å². The number of nitrogens with zero attached hydrogens (tertiary/aromatic N) is 2. The summed E-state index contributed by atoms with van der Waals surface area (Å²) in [5, 5.41) is 10.1. The smallest absolute Gasteiger partial charge is 0.0468 e. The normalized spacial score (nSPS) is 13.8. The van der Waals surface area contributed by atoms with Gasteiger partial charge in [0.25, 0.3) is 0 Å². The van der Waals surface area contributed by atoms with E-state index in [4.69, 9.17) is 0 Å². The Morgan fingerprint density at radius 2 is 0.569 bits per heavy atom. The third-order valence-corrected chi connectivity index (χ3v) is 16.2. The molecular formula is C70H52N2. The van der Waals surface area contributed by atoms with Crippen molar-refractivity contribution in [2.75, 3.05) is 9.80 Å². The van der Waals surface area contributed by atoms with Gasteiger partial charge in [-0.15, -0.1) is 0 Å². The van der Waals surface area contributed by atoms with Crippen molar-refractivity contribution >= 4 is 77.2 Å². The minimum Gasteiger partial charge on any atom is -0.310 e. The van der Waals surface area contributed by atoms with Gasteiger partial charge in [0.05, 0.1) is 0 Å². The standard InChI is InChI=1S/C70H52N2/c1-69(2)63-39-27-49-15-9-11-19-59(49)67(63)61-37-35-57(43-65(61)69)71(55-33-25-45-13-5-7-17-51(45)41-55)53-29-21-47(22-30-53)48-23-31-54(32-24-48)72(56-34-26-46-14-6-8-18-52(46)42-56)58-36-38-62-66(44-58)70(3,4)64-40-28-50-16-10-12-20-60(50)68(62)64/h5-44H,1-4H3. The summed E-state index contributed by atoms with van der Waals surface area (Å²) in [6.07, 6.45) is 0.